The lowest BCUT2D eigenvalue weighted by molar-refractivity contribution is 0.140. The third-order valence-corrected chi connectivity index (χ3v) is 4.30. The first-order valence-corrected chi connectivity index (χ1v) is 8.08. The van der Waals surface area contributed by atoms with Crippen molar-refractivity contribution in [2.45, 2.75) is 0 Å². The van der Waals surface area contributed by atoms with Gasteiger partial charge in [-0.2, -0.15) is 0 Å². The fraction of sp³-hybridized carbons (Fsp3) is 1.00. The Morgan fingerprint density at radius 1 is 0.750 bits per heavy atom. The molecule has 2 saturated heterocycles. The second-order valence-corrected chi connectivity index (χ2v) is 5.75. The highest BCUT2D eigenvalue weighted by atomic mass is 16.3. The second kappa shape index (κ2) is 9.65. The Hall–Kier alpha value is -0.240. The van der Waals surface area contributed by atoms with E-state index < -0.39 is 0 Å². The molecule has 0 bridgehead atoms. The van der Waals surface area contributed by atoms with Gasteiger partial charge in [-0.1, -0.05) is 0 Å². The Morgan fingerprint density at radius 2 is 1.20 bits per heavy atom. The molecule has 0 aliphatic carbocycles. The Labute approximate surface area is 123 Å². The maximum atomic E-state index is 9.22. The van der Waals surface area contributed by atoms with Crippen LogP contribution in [0.5, 0.6) is 0 Å². The van der Waals surface area contributed by atoms with Gasteiger partial charge in [-0.3, -0.25) is 14.7 Å². The largest absolute Gasteiger partial charge is 0.395 e. The number of nitrogens with zero attached hydrogens (tertiary/aromatic N) is 3. The molecule has 2 aliphatic rings. The van der Waals surface area contributed by atoms with Crippen LogP contribution in [0.4, 0.5) is 0 Å². The number of piperazine rings is 2. The molecule has 0 aromatic heterocycles. The second-order valence-electron chi connectivity index (χ2n) is 5.75. The molecule has 6 nitrogen and oxygen atoms in total. The summed E-state index contributed by atoms with van der Waals surface area (Å²) in [7, 11) is 0. The van der Waals surface area contributed by atoms with E-state index in [9.17, 15) is 5.11 Å². The third-order valence-electron chi connectivity index (χ3n) is 4.30. The Bertz CT molecular complexity index is 220. The monoisotopic (exact) mass is 285 g/mol. The SMILES string of the molecule is OCCN(CCN1CCNCC1)CCN1CCNCC1. The van der Waals surface area contributed by atoms with Gasteiger partial charge in [0.2, 0.25) is 0 Å². The van der Waals surface area contributed by atoms with Crippen LogP contribution in [0.2, 0.25) is 0 Å². The Morgan fingerprint density at radius 3 is 1.60 bits per heavy atom. The van der Waals surface area contributed by atoms with Crippen LogP contribution in [-0.2, 0) is 0 Å². The van der Waals surface area contributed by atoms with Gasteiger partial charge < -0.3 is 15.7 Å². The van der Waals surface area contributed by atoms with Gasteiger partial charge in [0, 0.05) is 85.1 Å². The minimum absolute atomic E-state index is 0.267. The van der Waals surface area contributed by atoms with Crippen LogP contribution < -0.4 is 10.6 Å². The van der Waals surface area contributed by atoms with E-state index in [4.69, 9.17) is 0 Å². The van der Waals surface area contributed by atoms with Crippen LogP contribution in [0.1, 0.15) is 0 Å². The van der Waals surface area contributed by atoms with Gasteiger partial charge in [0.05, 0.1) is 6.61 Å². The zero-order valence-electron chi connectivity index (χ0n) is 12.7. The van der Waals surface area contributed by atoms with Crippen molar-refractivity contribution < 1.29 is 5.11 Å². The first kappa shape index (κ1) is 16.1. The lowest BCUT2D eigenvalue weighted by Gasteiger charge is -2.32. The number of nitrogens with one attached hydrogen (secondary N) is 2. The maximum Gasteiger partial charge on any atom is 0.0558 e. The topological polar surface area (TPSA) is 54.0 Å². The molecule has 0 aromatic rings. The van der Waals surface area contributed by atoms with Crippen molar-refractivity contribution in [2.75, 3.05) is 91.7 Å². The zero-order chi connectivity index (χ0) is 14.0. The van der Waals surface area contributed by atoms with Crippen molar-refractivity contribution in [2.24, 2.45) is 0 Å². The van der Waals surface area contributed by atoms with E-state index in [2.05, 4.69) is 25.3 Å². The highest BCUT2D eigenvalue weighted by Crippen LogP contribution is 1.97. The van der Waals surface area contributed by atoms with Crippen molar-refractivity contribution >= 4 is 0 Å². The van der Waals surface area contributed by atoms with Crippen molar-refractivity contribution in [3.63, 3.8) is 0 Å². The Kier molecular flexibility index (Phi) is 7.79. The summed E-state index contributed by atoms with van der Waals surface area (Å²) in [6.45, 7) is 14.6. The fourth-order valence-corrected chi connectivity index (χ4v) is 2.91. The van der Waals surface area contributed by atoms with Crippen LogP contribution in [0.15, 0.2) is 0 Å². The molecule has 0 aromatic carbocycles. The normalized spacial score (nSPS) is 22.5. The van der Waals surface area contributed by atoms with Crippen molar-refractivity contribution in [1.82, 2.24) is 25.3 Å². The molecule has 20 heavy (non-hydrogen) atoms. The summed E-state index contributed by atoms with van der Waals surface area (Å²) in [6.07, 6.45) is 0. The van der Waals surface area contributed by atoms with E-state index in [1.165, 1.54) is 0 Å². The van der Waals surface area contributed by atoms with Gasteiger partial charge in [-0.05, 0) is 0 Å². The summed E-state index contributed by atoms with van der Waals surface area (Å²) in [5.41, 5.74) is 0. The van der Waals surface area contributed by atoms with E-state index in [1.807, 2.05) is 0 Å². The van der Waals surface area contributed by atoms with E-state index in [-0.39, 0.29) is 6.61 Å². The van der Waals surface area contributed by atoms with Gasteiger partial charge in [0.25, 0.3) is 0 Å². The standard InChI is InChI=1S/C14H31N5O/c20-14-13-19(11-9-17-5-1-15-2-6-17)12-10-18-7-3-16-4-8-18/h15-16,20H,1-14H2. The number of hydrogen-bond acceptors (Lipinski definition) is 6. The van der Waals surface area contributed by atoms with Crippen LogP contribution in [0.3, 0.4) is 0 Å². The average molecular weight is 285 g/mol. The smallest absolute Gasteiger partial charge is 0.0558 e. The first-order chi connectivity index (χ1) is 9.88. The third kappa shape index (κ3) is 6.03. The average Bonchev–Trinajstić information content (AvgIpc) is 2.52. The predicted molar refractivity (Wildman–Crippen MR) is 82.1 cm³/mol. The van der Waals surface area contributed by atoms with Crippen LogP contribution >= 0.6 is 0 Å². The predicted octanol–water partition coefficient (Wildman–Crippen LogP) is -1.91. The molecule has 118 valence electrons. The molecule has 0 radical (unpaired) electrons. The van der Waals surface area contributed by atoms with Crippen molar-refractivity contribution in [3.8, 4) is 0 Å². The molecule has 2 rings (SSSR count). The fourth-order valence-electron chi connectivity index (χ4n) is 2.91. The molecular formula is C14H31N5O. The van der Waals surface area contributed by atoms with Gasteiger partial charge in [0.1, 0.15) is 0 Å². The summed E-state index contributed by atoms with van der Waals surface area (Å²) < 4.78 is 0. The lowest BCUT2D eigenvalue weighted by atomic mass is 10.3. The molecule has 0 spiro atoms. The zero-order valence-corrected chi connectivity index (χ0v) is 12.7. The summed E-state index contributed by atoms with van der Waals surface area (Å²) in [6, 6.07) is 0. The molecule has 2 aliphatic heterocycles. The molecule has 0 saturated carbocycles. The lowest BCUT2D eigenvalue weighted by Crippen LogP contribution is -2.49. The van der Waals surface area contributed by atoms with E-state index in [0.717, 1.165) is 85.1 Å². The minimum atomic E-state index is 0.267. The molecule has 0 atom stereocenters. The number of aliphatic hydroxyl groups is 1. The summed E-state index contributed by atoms with van der Waals surface area (Å²) >= 11 is 0. The summed E-state index contributed by atoms with van der Waals surface area (Å²) in [4.78, 5) is 7.45. The van der Waals surface area contributed by atoms with Gasteiger partial charge in [-0.15, -0.1) is 0 Å². The summed E-state index contributed by atoms with van der Waals surface area (Å²) in [5, 5.41) is 16.0. The van der Waals surface area contributed by atoms with E-state index in [0.29, 0.717) is 0 Å². The molecule has 2 fully saturated rings. The van der Waals surface area contributed by atoms with Crippen molar-refractivity contribution in [3.05, 3.63) is 0 Å². The van der Waals surface area contributed by atoms with Crippen molar-refractivity contribution in [1.29, 1.82) is 0 Å². The van der Waals surface area contributed by atoms with Crippen LogP contribution in [-0.4, -0.2) is 111 Å². The van der Waals surface area contributed by atoms with E-state index >= 15 is 0 Å². The van der Waals surface area contributed by atoms with E-state index in [1.54, 1.807) is 0 Å². The van der Waals surface area contributed by atoms with Crippen LogP contribution in [0, 0.1) is 0 Å². The molecule has 0 amide bonds. The molecule has 6 heteroatoms. The van der Waals surface area contributed by atoms with Gasteiger partial charge in [-0.25, -0.2) is 0 Å². The molecular weight excluding hydrogens is 254 g/mol. The Balaban J connectivity index is 1.63. The highest BCUT2D eigenvalue weighted by Gasteiger charge is 2.14. The minimum Gasteiger partial charge on any atom is -0.395 e. The number of hydrogen-bond donors (Lipinski definition) is 3. The van der Waals surface area contributed by atoms with Gasteiger partial charge in [0.15, 0.2) is 0 Å². The molecule has 0 unspecified atom stereocenters. The first-order valence-electron chi connectivity index (χ1n) is 8.08. The number of rotatable bonds is 8. The number of aliphatic hydroxyl groups excluding tert-OH is 1. The molecule has 3 N–H and O–H groups in total. The molecule has 2 heterocycles. The quantitative estimate of drug-likeness (QED) is 0.484. The summed E-state index contributed by atoms with van der Waals surface area (Å²) in [5.74, 6) is 0. The highest BCUT2D eigenvalue weighted by molar-refractivity contribution is 4.72. The maximum absolute atomic E-state index is 9.22. The van der Waals surface area contributed by atoms with Crippen LogP contribution in [0.25, 0.3) is 0 Å². The van der Waals surface area contributed by atoms with Gasteiger partial charge >= 0.3 is 0 Å².